The smallest absolute Gasteiger partial charge is 0.263 e. The number of nitrogens with one attached hydrogen (secondary N) is 1. The topological polar surface area (TPSA) is 68.0 Å². The summed E-state index contributed by atoms with van der Waals surface area (Å²) in [5.41, 5.74) is 6.26. The van der Waals surface area contributed by atoms with Crippen LogP contribution >= 0.6 is 22.7 Å². The minimum absolute atomic E-state index is 0.0239. The van der Waals surface area contributed by atoms with Crippen LogP contribution in [-0.2, 0) is 0 Å². The average molecular weight is 281 g/mol. The molecular formula is C12H15N3OS2. The number of carbonyl (C=O) groups excluding carboxylic acids is 1. The standard InChI is InChI=1S/C12H15N3OS2/c1-7(6-13)14-11(16)10-8(2)15-12(18-10)9-4-3-5-17-9/h3-5,7H,6,13H2,1-2H3,(H,14,16)/t7-/m0/s1. The van der Waals surface area contributed by atoms with E-state index in [1.54, 1.807) is 11.3 Å². The van der Waals surface area contributed by atoms with Crippen molar-refractivity contribution < 1.29 is 4.79 Å². The van der Waals surface area contributed by atoms with Crippen LogP contribution in [0.1, 0.15) is 22.3 Å². The van der Waals surface area contributed by atoms with Gasteiger partial charge < -0.3 is 11.1 Å². The number of amides is 1. The molecule has 2 aromatic rings. The van der Waals surface area contributed by atoms with Gasteiger partial charge in [-0.05, 0) is 25.3 Å². The first-order valence-electron chi connectivity index (χ1n) is 5.64. The summed E-state index contributed by atoms with van der Waals surface area (Å²) in [5.74, 6) is -0.0919. The summed E-state index contributed by atoms with van der Waals surface area (Å²) in [4.78, 5) is 18.2. The number of rotatable bonds is 4. The van der Waals surface area contributed by atoms with Gasteiger partial charge in [-0.1, -0.05) is 6.07 Å². The predicted octanol–water partition coefficient (Wildman–Crippen LogP) is 2.26. The molecule has 0 aliphatic rings. The Morgan fingerprint density at radius 3 is 3.00 bits per heavy atom. The number of thiophene rings is 1. The van der Waals surface area contributed by atoms with Gasteiger partial charge in [-0.25, -0.2) is 4.98 Å². The second-order valence-electron chi connectivity index (χ2n) is 4.02. The average Bonchev–Trinajstić information content (AvgIpc) is 2.97. The van der Waals surface area contributed by atoms with E-state index in [4.69, 9.17) is 5.73 Å². The molecule has 96 valence electrons. The summed E-state index contributed by atoms with van der Waals surface area (Å²) in [5, 5.41) is 5.75. The minimum Gasteiger partial charge on any atom is -0.348 e. The maximum absolute atomic E-state index is 12.0. The molecule has 0 aromatic carbocycles. The zero-order chi connectivity index (χ0) is 13.1. The third-order valence-electron chi connectivity index (χ3n) is 2.47. The first-order chi connectivity index (χ1) is 8.61. The molecule has 0 saturated heterocycles. The number of aryl methyl sites for hydroxylation is 1. The lowest BCUT2D eigenvalue weighted by Crippen LogP contribution is -2.37. The highest BCUT2D eigenvalue weighted by Gasteiger charge is 2.17. The van der Waals surface area contributed by atoms with Gasteiger partial charge in [0.25, 0.3) is 5.91 Å². The summed E-state index contributed by atoms with van der Waals surface area (Å²) in [7, 11) is 0. The summed E-state index contributed by atoms with van der Waals surface area (Å²) in [6.45, 7) is 4.17. The third kappa shape index (κ3) is 2.77. The van der Waals surface area contributed by atoms with Gasteiger partial charge in [0.15, 0.2) is 0 Å². The van der Waals surface area contributed by atoms with Gasteiger partial charge in [-0.15, -0.1) is 22.7 Å². The van der Waals surface area contributed by atoms with Crippen molar-refractivity contribution in [2.24, 2.45) is 5.73 Å². The van der Waals surface area contributed by atoms with Crippen molar-refractivity contribution in [1.82, 2.24) is 10.3 Å². The molecule has 0 aliphatic heterocycles. The molecule has 2 aromatic heterocycles. The van der Waals surface area contributed by atoms with E-state index in [9.17, 15) is 4.79 Å². The number of hydrogen-bond acceptors (Lipinski definition) is 5. The van der Waals surface area contributed by atoms with E-state index in [0.717, 1.165) is 15.6 Å². The summed E-state index contributed by atoms with van der Waals surface area (Å²) in [6.07, 6.45) is 0. The Hall–Kier alpha value is -1.24. The summed E-state index contributed by atoms with van der Waals surface area (Å²) >= 11 is 3.05. The molecule has 0 spiro atoms. The first-order valence-corrected chi connectivity index (χ1v) is 7.33. The van der Waals surface area contributed by atoms with Gasteiger partial charge in [0.1, 0.15) is 9.88 Å². The molecule has 2 heterocycles. The highest BCUT2D eigenvalue weighted by molar-refractivity contribution is 7.22. The van der Waals surface area contributed by atoms with Crippen LogP contribution in [0.4, 0.5) is 0 Å². The zero-order valence-electron chi connectivity index (χ0n) is 10.3. The molecule has 3 N–H and O–H groups in total. The summed E-state index contributed by atoms with van der Waals surface area (Å²) < 4.78 is 0. The number of aromatic nitrogens is 1. The van der Waals surface area contributed by atoms with Gasteiger partial charge in [0.05, 0.1) is 10.6 Å². The number of nitrogens with zero attached hydrogens (tertiary/aromatic N) is 1. The third-order valence-corrected chi connectivity index (χ3v) is 4.66. The molecular weight excluding hydrogens is 266 g/mol. The van der Waals surface area contributed by atoms with Gasteiger partial charge >= 0.3 is 0 Å². The fourth-order valence-corrected chi connectivity index (χ4v) is 3.23. The SMILES string of the molecule is Cc1nc(-c2cccs2)sc1C(=O)N[C@@H](C)CN. The highest BCUT2D eigenvalue weighted by Crippen LogP contribution is 2.30. The Morgan fingerprint density at radius 1 is 1.61 bits per heavy atom. The molecule has 0 radical (unpaired) electrons. The van der Waals surface area contributed by atoms with Crippen LogP contribution in [0, 0.1) is 6.92 Å². The number of nitrogens with two attached hydrogens (primary N) is 1. The summed E-state index contributed by atoms with van der Waals surface area (Å²) in [6, 6.07) is 3.96. The van der Waals surface area contributed by atoms with Gasteiger partial charge in [0.2, 0.25) is 0 Å². The van der Waals surface area contributed by atoms with E-state index in [1.165, 1.54) is 11.3 Å². The molecule has 2 rings (SSSR count). The molecule has 0 aliphatic carbocycles. The minimum atomic E-state index is -0.0919. The van der Waals surface area contributed by atoms with Crippen molar-refractivity contribution in [3.05, 3.63) is 28.1 Å². The number of thiazole rings is 1. The lowest BCUT2D eigenvalue weighted by Gasteiger charge is -2.09. The molecule has 18 heavy (non-hydrogen) atoms. The van der Waals surface area contributed by atoms with Crippen molar-refractivity contribution in [3.8, 4) is 9.88 Å². The van der Waals surface area contributed by atoms with Crippen LogP contribution in [0.5, 0.6) is 0 Å². The molecule has 0 fully saturated rings. The highest BCUT2D eigenvalue weighted by atomic mass is 32.1. The lowest BCUT2D eigenvalue weighted by atomic mass is 10.3. The Kier molecular flexibility index (Phi) is 4.11. The maximum atomic E-state index is 12.0. The Labute approximate surface area is 114 Å². The number of hydrogen-bond donors (Lipinski definition) is 2. The Balaban J connectivity index is 2.22. The first kappa shape index (κ1) is 13.2. The largest absolute Gasteiger partial charge is 0.348 e. The molecule has 0 saturated carbocycles. The van der Waals surface area contributed by atoms with Crippen LogP contribution in [0.2, 0.25) is 0 Å². The van der Waals surface area contributed by atoms with Crippen LogP contribution in [-0.4, -0.2) is 23.5 Å². The lowest BCUT2D eigenvalue weighted by molar-refractivity contribution is 0.0944. The van der Waals surface area contributed by atoms with Crippen molar-refractivity contribution in [2.75, 3.05) is 6.54 Å². The second-order valence-corrected chi connectivity index (χ2v) is 5.97. The van der Waals surface area contributed by atoms with E-state index in [0.29, 0.717) is 11.4 Å². The van der Waals surface area contributed by atoms with Gasteiger partial charge in [-0.2, -0.15) is 0 Å². The van der Waals surface area contributed by atoms with Gasteiger partial charge in [-0.3, -0.25) is 4.79 Å². The van der Waals surface area contributed by atoms with Crippen LogP contribution in [0.25, 0.3) is 9.88 Å². The number of carbonyl (C=O) groups is 1. The Morgan fingerprint density at radius 2 is 2.39 bits per heavy atom. The van der Waals surface area contributed by atoms with E-state index < -0.39 is 0 Å². The van der Waals surface area contributed by atoms with Crippen molar-refractivity contribution in [2.45, 2.75) is 19.9 Å². The van der Waals surface area contributed by atoms with E-state index in [-0.39, 0.29) is 11.9 Å². The van der Waals surface area contributed by atoms with Crippen LogP contribution in [0.3, 0.4) is 0 Å². The molecule has 4 nitrogen and oxygen atoms in total. The van der Waals surface area contributed by atoms with E-state index in [1.807, 2.05) is 31.4 Å². The molecule has 6 heteroatoms. The van der Waals surface area contributed by atoms with E-state index >= 15 is 0 Å². The fraction of sp³-hybridized carbons (Fsp3) is 0.333. The van der Waals surface area contributed by atoms with Crippen LogP contribution in [0.15, 0.2) is 17.5 Å². The van der Waals surface area contributed by atoms with Crippen molar-refractivity contribution >= 4 is 28.6 Å². The predicted molar refractivity (Wildman–Crippen MR) is 76.1 cm³/mol. The molecule has 1 amide bonds. The monoisotopic (exact) mass is 281 g/mol. The van der Waals surface area contributed by atoms with E-state index in [2.05, 4.69) is 10.3 Å². The quantitative estimate of drug-likeness (QED) is 0.903. The van der Waals surface area contributed by atoms with Crippen molar-refractivity contribution in [1.29, 1.82) is 0 Å². The molecule has 1 atom stereocenters. The van der Waals surface area contributed by atoms with Crippen molar-refractivity contribution in [3.63, 3.8) is 0 Å². The Bertz CT molecular complexity index is 534. The maximum Gasteiger partial charge on any atom is 0.263 e. The second kappa shape index (κ2) is 5.60. The molecule has 0 bridgehead atoms. The fourth-order valence-electron chi connectivity index (χ4n) is 1.46. The molecule has 0 unspecified atom stereocenters. The van der Waals surface area contributed by atoms with Gasteiger partial charge in [0, 0.05) is 12.6 Å². The normalized spacial score (nSPS) is 12.4. The van der Waals surface area contributed by atoms with Crippen LogP contribution < -0.4 is 11.1 Å². The zero-order valence-corrected chi connectivity index (χ0v) is 11.9.